The molecule has 0 aliphatic carbocycles. The van der Waals surface area contributed by atoms with Crippen molar-refractivity contribution < 1.29 is 14.3 Å². The topological polar surface area (TPSA) is 111 Å². The second-order valence-electron chi connectivity index (χ2n) is 6.56. The van der Waals surface area contributed by atoms with Crippen LogP contribution in [0.3, 0.4) is 0 Å². The fourth-order valence-corrected chi connectivity index (χ4v) is 3.24. The van der Waals surface area contributed by atoms with Crippen molar-refractivity contribution in [2.24, 2.45) is 0 Å². The molecule has 1 aliphatic rings. The minimum Gasteiger partial charge on any atom is -0.463 e. The second-order valence-corrected chi connectivity index (χ2v) is 6.56. The van der Waals surface area contributed by atoms with Gasteiger partial charge in [0.2, 0.25) is 5.82 Å². The molecule has 4 rings (SSSR count). The number of urea groups is 1. The third-order valence-electron chi connectivity index (χ3n) is 4.57. The molecular formula is C21H20N6O3. The molecule has 0 bridgehead atoms. The summed E-state index contributed by atoms with van der Waals surface area (Å²) in [7, 11) is 0. The summed E-state index contributed by atoms with van der Waals surface area (Å²) in [6, 6.07) is 17.6. The maximum absolute atomic E-state index is 12.8. The first kappa shape index (κ1) is 19.3. The Kier molecular flexibility index (Phi) is 5.51. The van der Waals surface area contributed by atoms with Gasteiger partial charge in [0.1, 0.15) is 6.54 Å². The molecule has 3 aromatic rings. The molecular weight excluding hydrogens is 384 g/mol. The summed E-state index contributed by atoms with van der Waals surface area (Å²) in [6.45, 7) is 2.01. The first-order valence-corrected chi connectivity index (χ1v) is 9.51. The Hall–Kier alpha value is -4.01. The molecule has 2 N–H and O–H groups in total. The van der Waals surface area contributed by atoms with Crippen LogP contribution in [0.2, 0.25) is 0 Å². The number of rotatable bonds is 6. The van der Waals surface area contributed by atoms with Crippen molar-refractivity contribution in [3.05, 3.63) is 77.5 Å². The molecule has 2 heterocycles. The van der Waals surface area contributed by atoms with Crippen molar-refractivity contribution in [3.63, 3.8) is 0 Å². The summed E-state index contributed by atoms with van der Waals surface area (Å²) in [5.41, 5.74) is 2.26. The molecule has 9 heteroatoms. The maximum Gasteiger partial charge on any atom is 0.338 e. The molecule has 1 atom stereocenters. The van der Waals surface area contributed by atoms with Crippen LogP contribution in [-0.2, 0) is 16.1 Å². The highest BCUT2D eigenvalue weighted by Gasteiger charge is 2.34. The number of carbonyl (C=O) groups excluding carboxylic acids is 2. The average Bonchev–Trinajstić information content (AvgIpc) is 3.23. The number of amides is 2. The first-order chi connectivity index (χ1) is 14.7. The second kappa shape index (κ2) is 8.56. The zero-order valence-electron chi connectivity index (χ0n) is 16.3. The van der Waals surface area contributed by atoms with Crippen LogP contribution < -0.4 is 10.6 Å². The Morgan fingerprint density at radius 1 is 1.10 bits per heavy atom. The highest BCUT2D eigenvalue weighted by Crippen LogP contribution is 2.28. The molecule has 152 valence electrons. The smallest absolute Gasteiger partial charge is 0.338 e. The molecule has 2 amide bonds. The lowest BCUT2D eigenvalue weighted by atomic mass is 9.95. The Morgan fingerprint density at radius 2 is 1.80 bits per heavy atom. The predicted molar refractivity (Wildman–Crippen MR) is 108 cm³/mol. The Bertz CT molecular complexity index is 1080. The molecule has 2 aromatic carbocycles. The predicted octanol–water partition coefficient (Wildman–Crippen LogP) is 2.21. The zero-order chi connectivity index (χ0) is 20.9. The monoisotopic (exact) mass is 404 g/mol. The molecule has 0 spiro atoms. The number of hydrogen-bond acceptors (Lipinski definition) is 6. The van der Waals surface area contributed by atoms with Crippen LogP contribution in [-0.4, -0.2) is 38.8 Å². The van der Waals surface area contributed by atoms with Gasteiger partial charge in [-0.15, -0.1) is 10.2 Å². The first-order valence-electron chi connectivity index (χ1n) is 9.51. The molecule has 30 heavy (non-hydrogen) atoms. The van der Waals surface area contributed by atoms with Crippen molar-refractivity contribution >= 4 is 12.0 Å². The van der Waals surface area contributed by atoms with E-state index in [0.717, 1.165) is 11.1 Å². The van der Waals surface area contributed by atoms with Crippen molar-refractivity contribution in [2.75, 3.05) is 6.61 Å². The van der Waals surface area contributed by atoms with Gasteiger partial charge in [0, 0.05) is 5.56 Å². The van der Waals surface area contributed by atoms with Gasteiger partial charge in [-0.25, -0.2) is 9.59 Å². The van der Waals surface area contributed by atoms with Crippen LogP contribution in [0, 0.1) is 0 Å². The number of carbonyl (C=O) groups is 2. The summed E-state index contributed by atoms with van der Waals surface area (Å²) in [6.07, 6.45) is 0. The fraction of sp³-hybridized carbons (Fsp3) is 0.190. The molecule has 1 aromatic heterocycles. The number of esters is 1. The van der Waals surface area contributed by atoms with E-state index in [1.807, 2.05) is 60.7 Å². The van der Waals surface area contributed by atoms with Crippen molar-refractivity contribution in [2.45, 2.75) is 19.5 Å². The standard InChI is InChI=1S/C21H20N6O3/c1-2-30-20(28)17-16(22-21(29)23-18(17)14-9-5-3-6-10-14)13-27-25-19(24-26-27)15-11-7-4-8-12-15/h3-12,18H,2,13H2,1H3,(H2,22,23,29)/t18-/m0/s1. The molecule has 0 unspecified atom stereocenters. The van der Waals surface area contributed by atoms with Gasteiger partial charge in [0.25, 0.3) is 0 Å². The van der Waals surface area contributed by atoms with Gasteiger partial charge in [-0.1, -0.05) is 60.7 Å². The van der Waals surface area contributed by atoms with Crippen LogP contribution in [0.25, 0.3) is 11.4 Å². The number of allylic oxidation sites excluding steroid dienone is 1. The number of nitrogens with zero attached hydrogens (tertiary/aromatic N) is 4. The van der Waals surface area contributed by atoms with E-state index in [1.54, 1.807) is 6.92 Å². The van der Waals surface area contributed by atoms with E-state index in [-0.39, 0.29) is 13.2 Å². The molecule has 0 saturated heterocycles. The minimum atomic E-state index is -0.647. The maximum atomic E-state index is 12.8. The van der Waals surface area contributed by atoms with Gasteiger partial charge in [-0.05, 0) is 17.7 Å². The lowest BCUT2D eigenvalue weighted by Crippen LogP contribution is -2.47. The third kappa shape index (κ3) is 4.04. The van der Waals surface area contributed by atoms with Crippen molar-refractivity contribution in [1.82, 2.24) is 30.8 Å². The third-order valence-corrected chi connectivity index (χ3v) is 4.57. The average molecular weight is 404 g/mol. The molecule has 0 radical (unpaired) electrons. The zero-order valence-corrected chi connectivity index (χ0v) is 16.3. The summed E-state index contributed by atoms with van der Waals surface area (Å²) in [4.78, 5) is 26.4. The van der Waals surface area contributed by atoms with E-state index in [0.29, 0.717) is 17.1 Å². The molecule has 0 fully saturated rings. The molecule has 9 nitrogen and oxygen atoms in total. The number of hydrogen-bond donors (Lipinski definition) is 2. The highest BCUT2D eigenvalue weighted by molar-refractivity contribution is 5.95. The number of ether oxygens (including phenoxy) is 1. The number of nitrogens with one attached hydrogen (secondary N) is 2. The van der Waals surface area contributed by atoms with E-state index in [4.69, 9.17) is 4.74 Å². The normalized spacial score (nSPS) is 16.0. The van der Waals surface area contributed by atoms with E-state index >= 15 is 0 Å². The molecule has 0 saturated carbocycles. The van der Waals surface area contributed by atoms with Gasteiger partial charge in [0.05, 0.1) is 23.9 Å². The lowest BCUT2D eigenvalue weighted by Gasteiger charge is -2.29. The van der Waals surface area contributed by atoms with Gasteiger partial charge in [0.15, 0.2) is 0 Å². The Morgan fingerprint density at radius 3 is 2.50 bits per heavy atom. The van der Waals surface area contributed by atoms with Crippen LogP contribution in [0.5, 0.6) is 0 Å². The van der Waals surface area contributed by atoms with Gasteiger partial charge in [-0.2, -0.15) is 4.80 Å². The highest BCUT2D eigenvalue weighted by atomic mass is 16.5. The Balaban J connectivity index is 1.71. The van der Waals surface area contributed by atoms with E-state index < -0.39 is 18.0 Å². The number of tetrazole rings is 1. The van der Waals surface area contributed by atoms with Crippen LogP contribution >= 0.6 is 0 Å². The van der Waals surface area contributed by atoms with Gasteiger partial charge < -0.3 is 15.4 Å². The van der Waals surface area contributed by atoms with Crippen LogP contribution in [0.4, 0.5) is 4.79 Å². The Labute approximate surface area is 172 Å². The van der Waals surface area contributed by atoms with Crippen molar-refractivity contribution in [1.29, 1.82) is 0 Å². The van der Waals surface area contributed by atoms with E-state index in [2.05, 4.69) is 26.0 Å². The summed E-state index contributed by atoms with van der Waals surface area (Å²) in [5, 5.41) is 18.0. The summed E-state index contributed by atoms with van der Waals surface area (Å²) >= 11 is 0. The number of benzene rings is 2. The van der Waals surface area contributed by atoms with E-state index in [1.165, 1.54) is 4.80 Å². The fourth-order valence-electron chi connectivity index (χ4n) is 3.24. The van der Waals surface area contributed by atoms with Crippen molar-refractivity contribution in [3.8, 4) is 11.4 Å². The van der Waals surface area contributed by atoms with Crippen LogP contribution in [0.15, 0.2) is 71.9 Å². The summed E-state index contributed by atoms with van der Waals surface area (Å²) in [5.74, 6) is -0.0639. The largest absolute Gasteiger partial charge is 0.463 e. The van der Waals surface area contributed by atoms with Crippen LogP contribution in [0.1, 0.15) is 18.5 Å². The lowest BCUT2D eigenvalue weighted by molar-refractivity contribution is -0.139. The quantitative estimate of drug-likeness (QED) is 0.610. The SMILES string of the molecule is CCOC(=O)C1=C(Cn2nnc(-c3ccccc3)n2)NC(=O)N[C@H]1c1ccccc1. The minimum absolute atomic E-state index is 0.0603. The van der Waals surface area contributed by atoms with Gasteiger partial charge in [-0.3, -0.25) is 0 Å². The number of aromatic nitrogens is 4. The summed E-state index contributed by atoms with van der Waals surface area (Å²) < 4.78 is 5.26. The van der Waals surface area contributed by atoms with E-state index in [9.17, 15) is 9.59 Å². The van der Waals surface area contributed by atoms with Gasteiger partial charge >= 0.3 is 12.0 Å². The molecule has 1 aliphatic heterocycles.